The summed E-state index contributed by atoms with van der Waals surface area (Å²) < 4.78 is 0. The molecule has 1 unspecified atom stereocenters. The molecule has 1 heterocycles. The molecule has 1 atom stereocenters. The first-order valence-corrected chi connectivity index (χ1v) is 8.40. The first-order chi connectivity index (χ1) is 10.5. The van der Waals surface area contributed by atoms with E-state index in [1.54, 1.807) is 0 Å². The van der Waals surface area contributed by atoms with Crippen molar-refractivity contribution < 1.29 is 0 Å². The van der Waals surface area contributed by atoms with Gasteiger partial charge in [0, 0.05) is 31.5 Å². The Morgan fingerprint density at radius 3 is 2.52 bits per heavy atom. The second kappa shape index (κ2) is 12.6. The van der Waals surface area contributed by atoms with Crippen molar-refractivity contribution in [1.82, 2.24) is 15.6 Å². The van der Waals surface area contributed by atoms with E-state index in [-0.39, 0.29) is 24.0 Å². The van der Waals surface area contributed by atoms with E-state index in [4.69, 9.17) is 0 Å². The molecule has 132 valence electrons. The lowest BCUT2D eigenvalue weighted by Crippen LogP contribution is -2.42. The highest BCUT2D eigenvalue weighted by Crippen LogP contribution is 2.08. The topological polar surface area (TPSA) is 49.3 Å². The van der Waals surface area contributed by atoms with Crippen molar-refractivity contribution >= 4 is 29.9 Å². The summed E-state index contributed by atoms with van der Waals surface area (Å²) in [4.78, 5) is 8.61. The quantitative estimate of drug-likeness (QED) is 0.372. The normalized spacial score (nSPS) is 12.7. The van der Waals surface area contributed by atoms with Crippen molar-refractivity contribution in [2.24, 2.45) is 10.9 Å². The van der Waals surface area contributed by atoms with Gasteiger partial charge in [-0.05, 0) is 44.2 Å². The molecule has 0 fully saturated rings. The van der Waals surface area contributed by atoms with Gasteiger partial charge in [-0.3, -0.25) is 9.98 Å². The molecule has 0 radical (unpaired) electrons. The third kappa shape index (κ3) is 10.5. The molecular weight excluding hydrogens is 399 g/mol. The van der Waals surface area contributed by atoms with Gasteiger partial charge in [-0.25, -0.2) is 0 Å². The van der Waals surface area contributed by atoms with Crippen molar-refractivity contribution in [2.45, 2.75) is 59.4 Å². The van der Waals surface area contributed by atoms with Crippen molar-refractivity contribution in [1.29, 1.82) is 0 Å². The summed E-state index contributed by atoms with van der Waals surface area (Å²) in [5.74, 6) is 1.67. The fourth-order valence-corrected chi connectivity index (χ4v) is 2.30. The first kappa shape index (κ1) is 22.1. The van der Waals surface area contributed by atoms with E-state index >= 15 is 0 Å². The number of pyridine rings is 1. The minimum absolute atomic E-state index is 0. The molecular formula is C18H33IN4. The Labute approximate surface area is 159 Å². The molecule has 0 aromatic carbocycles. The van der Waals surface area contributed by atoms with E-state index in [1.165, 1.54) is 24.8 Å². The third-order valence-corrected chi connectivity index (χ3v) is 3.70. The zero-order chi connectivity index (χ0) is 16.4. The second-order valence-electron chi connectivity index (χ2n) is 6.43. The maximum atomic E-state index is 4.32. The summed E-state index contributed by atoms with van der Waals surface area (Å²) in [5, 5.41) is 6.83. The Bertz CT molecular complexity index is 443. The van der Waals surface area contributed by atoms with Gasteiger partial charge < -0.3 is 10.6 Å². The van der Waals surface area contributed by atoms with Crippen LogP contribution < -0.4 is 10.6 Å². The maximum Gasteiger partial charge on any atom is 0.191 e. The van der Waals surface area contributed by atoms with Gasteiger partial charge in [-0.2, -0.15) is 0 Å². The van der Waals surface area contributed by atoms with Gasteiger partial charge in [0.05, 0.1) is 0 Å². The monoisotopic (exact) mass is 432 g/mol. The maximum absolute atomic E-state index is 4.32. The van der Waals surface area contributed by atoms with Crippen molar-refractivity contribution in [3.8, 4) is 0 Å². The summed E-state index contributed by atoms with van der Waals surface area (Å²) in [6.45, 7) is 9.64. The summed E-state index contributed by atoms with van der Waals surface area (Å²) in [6, 6.07) is 4.64. The summed E-state index contributed by atoms with van der Waals surface area (Å²) in [5.41, 5.74) is 2.31. The lowest BCUT2D eigenvalue weighted by Gasteiger charge is -2.18. The number of aromatic nitrogens is 1. The minimum atomic E-state index is 0. The van der Waals surface area contributed by atoms with Crippen LogP contribution in [-0.2, 0) is 6.42 Å². The molecule has 0 saturated carbocycles. The van der Waals surface area contributed by atoms with Crippen LogP contribution in [-0.4, -0.2) is 30.6 Å². The Hall–Kier alpha value is -0.850. The van der Waals surface area contributed by atoms with Gasteiger partial charge in [-0.1, -0.05) is 32.8 Å². The van der Waals surface area contributed by atoms with Gasteiger partial charge >= 0.3 is 0 Å². The lowest BCUT2D eigenvalue weighted by molar-refractivity contribution is 0.491. The van der Waals surface area contributed by atoms with Gasteiger partial charge in [0.2, 0.25) is 0 Å². The molecule has 1 aromatic heterocycles. The Kier molecular flexibility index (Phi) is 12.1. The summed E-state index contributed by atoms with van der Waals surface area (Å²) in [6.07, 6.45) is 6.63. The van der Waals surface area contributed by atoms with Crippen LogP contribution in [0.5, 0.6) is 0 Å². The third-order valence-electron chi connectivity index (χ3n) is 3.70. The molecule has 4 nitrogen and oxygen atoms in total. The highest BCUT2D eigenvalue weighted by Gasteiger charge is 2.05. The van der Waals surface area contributed by atoms with E-state index in [0.717, 1.165) is 30.5 Å². The van der Waals surface area contributed by atoms with E-state index < -0.39 is 0 Å². The Balaban J connectivity index is 0.00000484. The Morgan fingerprint density at radius 1 is 1.22 bits per heavy atom. The number of aryl methyl sites for hydroxylation is 1. The zero-order valence-corrected chi connectivity index (χ0v) is 17.6. The van der Waals surface area contributed by atoms with Crippen molar-refractivity contribution in [3.63, 3.8) is 0 Å². The fraction of sp³-hybridized carbons (Fsp3) is 0.667. The van der Waals surface area contributed by atoms with Crippen LogP contribution in [0.2, 0.25) is 0 Å². The number of hydrogen-bond donors (Lipinski definition) is 2. The number of rotatable bonds is 8. The van der Waals surface area contributed by atoms with E-state index in [1.807, 2.05) is 20.2 Å². The van der Waals surface area contributed by atoms with E-state index in [2.05, 4.69) is 53.5 Å². The number of aliphatic imine (C=N–C) groups is 1. The molecule has 1 rings (SSSR count). The van der Waals surface area contributed by atoms with Gasteiger partial charge in [-0.15, -0.1) is 24.0 Å². The lowest BCUT2D eigenvalue weighted by atomic mass is 10.0. The van der Waals surface area contributed by atoms with E-state index in [0.29, 0.717) is 6.04 Å². The molecule has 0 aliphatic heterocycles. The standard InChI is InChI=1S/C18H32N4.HI/c1-14(2)7-6-8-16(4)22-18(19-5)20-12-11-17-10-9-15(3)21-13-17;/h9-10,13-14,16H,6-8,11-12H2,1-5H3,(H2,19,20,22);1H. The van der Waals surface area contributed by atoms with Crippen LogP contribution in [0.4, 0.5) is 0 Å². The number of halogens is 1. The van der Waals surface area contributed by atoms with Crippen LogP contribution in [0.1, 0.15) is 51.3 Å². The average Bonchev–Trinajstić information content (AvgIpc) is 2.47. The van der Waals surface area contributed by atoms with Crippen LogP contribution in [0.3, 0.4) is 0 Å². The molecule has 5 heteroatoms. The predicted molar refractivity (Wildman–Crippen MR) is 111 cm³/mol. The molecule has 1 aromatic rings. The average molecular weight is 432 g/mol. The van der Waals surface area contributed by atoms with E-state index in [9.17, 15) is 0 Å². The van der Waals surface area contributed by atoms with Crippen LogP contribution in [0.25, 0.3) is 0 Å². The van der Waals surface area contributed by atoms with Gasteiger partial charge in [0.25, 0.3) is 0 Å². The molecule has 2 N–H and O–H groups in total. The molecule has 0 aliphatic rings. The molecule has 0 aliphatic carbocycles. The highest BCUT2D eigenvalue weighted by atomic mass is 127. The zero-order valence-electron chi connectivity index (χ0n) is 15.2. The van der Waals surface area contributed by atoms with Gasteiger partial charge in [0.1, 0.15) is 0 Å². The molecule has 0 amide bonds. The van der Waals surface area contributed by atoms with Gasteiger partial charge in [0.15, 0.2) is 5.96 Å². The summed E-state index contributed by atoms with van der Waals surface area (Å²) >= 11 is 0. The largest absolute Gasteiger partial charge is 0.356 e. The first-order valence-electron chi connectivity index (χ1n) is 8.40. The Morgan fingerprint density at radius 2 is 1.96 bits per heavy atom. The number of nitrogens with one attached hydrogen (secondary N) is 2. The minimum Gasteiger partial charge on any atom is -0.356 e. The number of nitrogens with zero attached hydrogens (tertiary/aromatic N) is 2. The van der Waals surface area contributed by atoms with Crippen LogP contribution in [0.15, 0.2) is 23.3 Å². The number of hydrogen-bond acceptors (Lipinski definition) is 2. The molecule has 0 saturated heterocycles. The smallest absolute Gasteiger partial charge is 0.191 e. The second-order valence-corrected chi connectivity index (χ2v) is 6.43. The SMILES string of the molecule is CN=C(NCCc1ccc(C)nc1)NC(C)CCCC(C)C.I. The number of guanidine groups is 1. The van der Waals surface area contributed by atoms with Crippen molar-refractivity contribution in [3.05, 3.63) is 29.6 Å². The molecule has 23 heavy (non-hydrogen) atoms. The van der Waals surface area contributed by atoms with Crippen LogP contribution >= 0.6 is 24.0 Å². The highest BCUT2D eigenvalue weighted by molar-refractivity contribution is 14.0. The fourth-order valence-electron chi connectivity index (χ4n) is 2.30. The van der Waals surface area contributed by atoms with Crippen LogP contribution in [0, 0.1) is 12.8 Å². The van der Waals surface area contributed by atoms with Crippen molar-refractivity contribution in [2.75, 3.05) is 13.6 Å². The molecule has 0 bridgehead atoms. The predicted octanol–water partition coefficient (Wildman–Crippen LogP) is 3.93. The summed E-state index contributed by atoms with van der Waals surface area (Å²) in [7, 11) is 1.82. The molecule has 0 spiro atoms.